The van der Waals surface area contributed by atoms with E-state index in [-0.39, 0.29) is 0 Å². The van der Waals surface area contributed by atoms with Gasteiger partial charge in [-0.3, -0.25) is 0 Å². The standard InChI is InChI=1S/C26H14/c1-3-23-19-25(17-15-21-11-7-5-8-12-21)26(20-24(23)4-2)18-16-22-13-9-6-10-14-22/h1-2,5-14,19-20H. The molecule has 0 aromatic heterocycles. The Morgan fingerprint density at radius 2 is 0.846 bits per heavy atom. The normalized spacial score (nSPS) is 8.85. The Kier molecular flexibility index (Phi) is 5.24. The summed E-state index contributed by atoms with van der Waals surface area (Å²) in [5, 5.41) is 0. The summed E-state index contributed by atoms with van der Waals surface area (Å²) in [6.45, 7) is 0. The summed E-state index contributed by atoms with van der Waals surface area (Å²) in [7, 11) is 0. The summed E-state index contributed by atoms with van der Waals surface area (Å²) in [6, 6.07) is 23.2. The third-order valence-electron chi connectivity index (χ3n) is 3.70. The predicted molar refractivity (Wildman–Crippen MR) is 107 cm³/mol. The topological polar surface area (TPSA) is 0 Å². The SMILES string of the molecule is C#Cc1cc(C#Cc2ccccc2)c(C#Cc2ccccc2)cc1C#C. The Morgan fingerprint density at radius 3 is 1.19 bits per heavy atom. The smallest absolute Gasteiger partial charge is 0.0419 e. The van der Waals surface area contributed by atoms with E-state index < -0.39 is 0 Å². The highest BCUT2D eigenvalue weighted by Crippen LogP contribution is 2.15. The van der Waals surface area contributed by atoms with Crippen molar-refractivity contribution in [2.45, 2.75) is 0 Å². The van der Waals surface area contributed by atoms with E-state index in [9.17, 15) is 0 Å². The van der Waals surface area contributed by atoms with Crippen LogP contribution in [0.25, 0.3) is 0 Å². The molecule has 0 saturated carbocycles. The molecule has 0 amide bonds. The fourth-order valence-electron chi connectivity index (χ4n) is 2.37. The molecule has 0 bridgehead atoms. The quantitative estimate of drug-likeness (QED) is 0.536. The molecule has 26 heavy (non-hydrogen) atoms. The van der Waals surface area contributed by atoms with Crippen LogP contribution in [-0.4, -0.2) is 0 Å². The molecule has 0 radical (unpaired) electrons. The van der Waals surface area contributed by atoms with Gasteiger partial charge in [0.25, 0.3) is 0 Å². The van der Waals surface area contributed by atoms with Crippen molar-refractivity contribution in [1.29, 1.82) is 0 Å². The van der Waals surface area contributed by atoms with Gasteiger partial charge in [-0.1, -0.05) is 71.9 Å². The number of hydrogen-bond acceptors (Lipinski definition) is 0. The maximum atomic E-state index is 5.59. The Hall–Kier alpha value is -4.10. The lowest BCUT2D eigenvalue weighted by molar-refractivity contribution is 1.51. The first-order valence-corrected chi connectivity index (χ1v) is 8.05. The van der Waals surface area contributed by atoms with Crippen LogP contribution in [0.15, 0.2) is 72.8 Å². The fraction of sp³-hybridized carbons (Fsp3) is 0. The molecule has 0 N–H and O–H groups in total. The van der Waals surface area contributed by atoms with E-state index in [0.717, 1.165) is 22.3 Å². The predicted octanol–water partition coefficient (Wildman–Crippen LogP) is 4.45. The molecule has 0 heterocycles. The molecule has 0 atom stereocenters. The van der Waals surface area contributed by atoms with Gasteiger partial charge in [0, 0.05) is 33.4 Å². The molecule has 0 unspecified atom stereocenters. The molecule has 0 spiro atoms. The zero-order valence-corrected chi connectivity index (χ0v) is 14.1. The average Bonchev–Trinajstić information content (AvgIpc) is 2.72. The highest BCUT2D eigenvalue weighted by molar-refractivity contribution is 5.62. The van der Waals surface area contributed by atoms with E-state index in [1.165, 1.54) is 0 Å². The molecule has 0 aliphatic rings. The van der Waals surface area contributed by atoms with Crippen LogP contribution in [0, 0.1) is 48.4 Å². The van der Waals surface area contributed by atoms with E-state index in [0.29, 0.717) is 11.1 Å². The minimum atomic E-state index is 0.648. The van der Waals surface area contributed by atoms with Gasteiger partial charge in [-0.15, -0.1) is 12.8 Å². The maximum absolute atomic E-state index is 5.59. The van der Waals surface area contributed by atoms with Crippen molar-refractivity contribution in [2.75, 3.05) is 0 Å². The van der Waals surface area contributed by atoms with Gasteiger partial charge in [-0.25, -0.2) is 0 Å². The van der Waals surface area contributed by atoms with Gasteiger partial charge in [0.15, 0.2) is 0 Å². The van der Waals surface area contributed by atoms with E-state index in [2.05, 4.69) is 35.5 Å². The lowest BCUT2D eigenvalue weighted by Crippen LogP contribution is -1.92. The van der Waals surface area contributed by atoms with Crippen LogP contribution in [0.1, 0.15) is 33.4 Å². The zero-order chi connectivity index (χ0) is 18.2. The minimum Gasteiger partial charge on any atom is -0.115 e. The van der Waals surface area contributed by atoms with E-state index in [4.69, 9.17) is 12.8 Å². The summed E-state index contributed by atoms with van der Waals surface area (Å²) in [6.07, 6.45) is 11.2. The monoisotopic (exact) mass is 326 g/mol. The second-order valence-corrected chi connectivity index (χ2v) is 5.46. The van der Waals surface area contributed by atoms with Crippen molar-refractivity contribution in [3.05, 3.63) is 106 Å². The molecule has 118 valence electrons. The largest absolute Gasteiger partial charge is 0.115 e. The molecule has 0 fully saturated rings. The second kappa shape index (κ2) is 8.13. The molecular formula is C26H14. The van der Waals surface area contributed by atoms with E-state index in [1.807, 2.05) is 72.8 Å². The second-order valence-electron chi connectivity index (χ2n) is 5.46. The Morgan fingerprint density at radius 1 is 0.462 bits per heavy atom. The average molecular weight is 326 g/mol. The number of hydrogen-bond donors (Lipinski definition) is 0. The molecular weight excluding hydrogens is 312 g/mol. The van der Waals surface area contributed by atoms with Crippen LogP contribution in [-0.2, 0) is 0 Å². The van der Waals surface area contributed by atoms with Crippen LogP contribution < -0.4 is 0 Å². The van der Waals surface area contributed by atoms with Crippen LogP contribution >= 0.6 is 0 Å². The van der Waals surface area contributed by atoms with Gasteiger partial charge in [0.2, 0.25) is 0 Å². The molecule has 3 aromatic rings. The minimum absolute atomic E-state index is 0.648. The molecule has 0 nitrogen and oxygen atoms in total. The van der Waals surface area contributed by atoms with Gasteiger partial charge < -0.3 is 0 Å². The Bertz CT molecular complexity index is 1030. The van der Waals surface area contributed by atoms with Gasteiger partial charge in [-0.2, -0.15) is 0 Å². The first kappa shape index (κ1) is 16.7. The third kappa shape index (κ3) is 4.05. The maximum Gasteiger partial charge on any atom is 0.0419 e. The third-order valence-corrected chi connectivity index (χ3v) is 3.70. The van der Waals surface area contributed by atoms with Gasteiger partial charge in [0.1, 0.15) is 0 Å². The number of terminal acetylenes is 2. The van der Waals surface area contributed by atoms with Crippen LogP contribution in [0.4, 0.5) is 0 Å². The van der Waals surface area contributed by atoms with Crippen LogP contribution in [0.5, 0.6) is 0 Å². The zero-order valence-electron chi connectivity index (χ0n) is 14.1. The molecule has 3 rings (SSSR count). The van der Waals surface area contributed by atoms with E-state index in [1.54, 1.807) is 0 Å². The van der Waals surface area contributed by atoms with Crippen molar-refractivity contribution in [2.24, 2.45) is 0 Å². The molecule has 0 aliphatic heterocycles. The van der Waals surface area contributed by atoms with Crippen LogP contribution in [0.2, 0.25) is 0 Å². The van der Waals surface area contributed by atoms with Crippen molar-refractivity contribution in [3.8, 4) is 48.4 Å². The number of rotatable bonds is 0. The Balaban J connectivity index is 2.10. The highest BCUT2D eigenvalue weighted by Gasteiger charge is 2.05. The van der Waals surface area contributed by atoms with E-state index >= 15 is 0 Å². The van der Waals surface area contributed by atoms with Crippen molar-refractivity contribution >= 4 is 0 Å². The van der Waals surface area contributed by atoms with Crippen molar-refractivity contribution in [1.82, 2.24) is 0 Å². The Labute approximate surface area is 154 Å². The summed E-state index contributed by atoms with van der Waals surface area (Å²) >= 11 is 0. The summed E-state index contributed by atoms with van der Waals surface area (Å²) in [5.41, 5.74) is 4.69. The van der Waals surface area contributed by atoms with Gasteiger partial charge >= 0.3 is 0 Å². The lowest BCUT2D eigenvalue weighted by Gasteiger charge is -2.02. The lowest BCUT2D eigenvalue weighted by atomic mass is 9.98. The first-order valence-electron chi connectivity index (χ1n) is 8.05. The summed E-state index contributed by atoms with van der Waals surface area (Å²) < 4.78 is 0. The first-order chi connectivity index (χ1) is 12.8. The molecule has 3 aromatic carbocycles. The molecule has 0 saturated heterocycles. The number of benzene rings is 3. The van der Waals surface area contributed by atoms with Gasteiger partial charge in [0.05, 0.1) is 0 Å². The van der Waals surface area contributed by atoms with Crippen LogP contribution in [0.3, 0.4) is 0 Å². The summed E-state index contributed by atoms with van der Waals surface area (Å²) in [4.78, 5) is 0. The van der Waals surface area contributed by atoms with Crippen molar-refractivity contribution in [3.63, 3.8) is 0 Å². The highest BCUT2D eigenvalue weighted by atomic mass is 14.1. The van der Waals surface area contributed by atoms with Crippen molar-refractivity contribution < 1.29 is 0 Å². The van der Waals surface area contributed by atoms with Gasteiger partial charge in [-0.05, 0) is 36.4 Å². The fourth-order valence-corrected chi connectivity index (χ4v) is 2.37. The summed E-state index contributed by atoms with van der Waals surface area (Å²) in [5.74, 6) is 17.9. The molecule has 0 aliphatic carbocycles. The molecule has 0 heteroatoms.